The first kappa shape index (κ1) is 15.8. The Balaban J connectivity index is 1.35. The molecule has 1 saturated heterocycles. The van der Waals surface area contributed by atoms with E-state index >= 15 is 0 Å². The van der Waals surface area contributed by atoms with Crippen LogP contribution in [0.2, 0.25) is 0 Å². The normalized spacial score (nSPS) is 19.5. The lowest BCUT2D eigenvalue weighted by molar-refractivity contribution is 0.0761. The van der Waals surface area contributed by atoms with Gasteiger partial charge in [0.05, 0.1) is 12.1 Å². The molecule has 0 radical (unpaired) electrons. The highest BCUT2D eigenvalue weighted by Gasteiger charge is 2.30. The van der Waals surface area contributed by atoms with Crippen molar-refractivity contribution < 1.29 is 9.32 Å². The second-order valence-corrected chi connectivity index (χ2v) is 7.46. The van der Waals surface area contributed by atoms with Gasteiger partial charge >= 0.3 is 0 Å². The van der Waals surface area contributed by atoms with Crippen LogP contribution in [0.3, 0.4) is 0 Å². The summed E-state index contributed by atoms with van der Waals surface area (Å²) in [5.74, 6) is 2.22. The van der Waals surface area contributed by atoms with Gasteiger partial charge in [0.15, 0.2) is 5.82 Å². The van der Waals surface area contributed by atoms with Crippen molar-refractivity contribution in [1.82, 2.24) is 19.9 Å². The van der Waals surface area contributed by atoms with Crippen molar-refractivity contribution in [3.05, 3.63) is 33.6 Å². The maximum Gasteiger partial charge on any atom is 0.255 e. The molecule has 2 aromatic heterocycles. The largest absolute Gasteiger partial charge is 0.339 e. The van der Waals surface area contributed by atoms with Crippen molar-refractivity contribution in [3.63, 3.8) is 0 Å². The first-order valence-corrected chi connectivity index (χ1v) is 9.52. The van der Waals surface area contributed by atoms with Crippen LogP contribution in [0.4, 0.5) is 0 Å². The zero-order valence-corrected chi connectivity index (χ0v) is 14.7. The second-order valence-electron chi connectivity index (χ2n) is 6.71. The van der Waals surface area contributed by atoms with Gasteiger partial charge in [-0.25, -0.2) is 0 Å². The van der Waals surface area contributed by atoms with Crippen LogP contribution in [-0.2, 0) is 6.54 Å². The molecule has 2 aromatic rings. The predicted molar refractivity (Wildman–Crippen MR) is 91.1 cm³/mol. The molecular weight excluding hydrogens is 324 g/mol. The summed E-state index contributed by atoms with van der Waals surface area (Å²) in [5.41, 5.74) is 1.92. The molecule has 0 atom stereocenters. The van der Waals surface area contributed by atoms with E-state index in [1.54, 1.807) is 11.3 Å². The predicted octanol–water partition coefficient (Wildman–Crippen LogP) is 2.67. The Kier molecular flexibility index (Phi) is 4.37. The monoisotopic (exact) mass is 346 g/mol. The molecule has 1 aliphatic heterocycles. The van der Waals surface area contributed by atoms with E-state index in [-0.39, 0.29) is 5.91 Å². The number of thiophene rings is 1. The van der Waals surface area contributed by atoms with Crippen LogP contribution in [0.25, 0.3) is 0 Å². The number of carbonyl (C=O) groups is 1. The van der Waals surface area contributed by atoms with E-state index in [0.717, 1.165) is 55.4 Å². The minimum Gasteiger partial charge on any atom is -0.339 e. The fourth-order valence-electron chi connectivity index (χ4n) is 3.11. The van der Waals surface area contributed by atoms with Crippen molar-refractivity contribution in [1.29, 1.82) is 0 Å². The third-order valence-corrected chi connectivity index (χ3v) is 5.60. The molecule has 1 amide bonds. The zero-order valence-electron chi connectivity index (χ0n) is 13.9. The molecule has 3 heterocycles. The van der Waals surface area contributed by atoms with E-state index in [1.165, 1.54) is 12.8 Å². The molecule has 0 N–H and O–H groups in total. The average molecular weight is 346 g/mol. The molecular formula is C17H22N4O2S. The van der Waals surface area contributed by atoms with Crippen LogP contribution >= 0.6 is 11.3 Å². The van der Waals surface area contributed by atoms with Crippen molar-refractivity contribution in [2.45, 2.75) is 38.6 Å². The molecule has 1 saturated carbocycles. The molecule has 2 fully saturated rings. The highest BCUT2D eigenvalue weighted by molar-refractivity contribution is 7.08. The summed E-state index contributed by atoms with van der Waals surface area (Å²) < 4.78 is 5.33. The van der Waals surface area contributed by atoms with Gasteiger partial charge < -0.3 is 9.42 Å². The van der Waals surface area contributed by atoms with Crippen molar-refractivity contribution >= 4 is 17.2 Å². The van der Waals surface area contributed by atoms with Gasteiger partial charge in [0, 0.05) is 37.5 Å². The Morgan fingerprint density at radius 2 is 2.17 bits per heavy atom. The number of aryl methyl sites for hydroxylation is 1. The number of carbonyl (C=O) groups excluding carboxylic acids is 1. The number of hydrogen-bond donors (Lipinski definition) is 0. The number of aromatic nitrogens is 2. The summed E-state index contributed by atoms with van der Waals surface area (Å²) in [6.07, 6.45) is 3.32. The van der Waals surface area contributed by atoms with Gasteiger partial charge in [0.25, 0.3) is 5.91 Å². The first-order chi connectivity index (χ1) is 11.7. The van der Waals surface area contributed by atoms with E-state index in [1.807, 2.05) is 22.6 Å². The Bertz CT molecular complexity index is 722. The van der Waals surface area contributed by atoms with Crippen molar-refractivity contribution in [2.75, 3.05) is 26.2 Å². The molecule has 24 heavy (non-hydrogen) atoms. The van der Waals surface area contributed by atoms with Gasteiger partial charge in [-0.1, -0.05) is 5.16 Å². The molecule has 0 unspecified atom stereocenters. The lowest BCUT2D eigenvalue weighted by atomic mass is 10.2. The highest BCUT2D eigenvalue weighted by Crippen LogP contribution is 2.38. The summed E-state index contributed by atoms with van der Waals surface area (Å²) in [7, 11) is 0. The lowest BCUT2D eigenvalue weighted by Gasteiger charge is -2.21. The quantitative estimate of drug-likeness (QED) is 0.852. The van der Waals surface area contributed by atoms with Crippen LogP contribution in [0.15, 0.2) is 15.3 Å². The second kappa shape index (κ2) is 6.64. The number of amides is 1. The van der Waals surface area contributed by atoms with Crippen LogP contribution < -0.4 is 0 Å². The Hall–Kier alpha value is -1.73. The smallest absolute Gasteiger partial charge is 0.255 e. The number of nitrogens with zero attached hydrogens (tertiary/aromatic N) is 4. The van der Waals surface area contributed by atoms with E-state index in [2.05, 4.69) is 15.0 Å². The van der Waals surface area contributed by atoms with E-state index < -0.39 is 0 Å². The summed E-state index contributed by atoms with van der Waals surface area (Å²) in [4.78, 5) is 21.5. The fraction of sp³-hybridized carbons (Fsp3) is 0.588. The maximum absolute atomic E-state index is 12.7. The number of hydrogen-bond acceptors (Lipinski definition) is 6. The molecule has 7 heteroatoms. The van der Waals surface area contributed by atoms with Gasteiger partial charge in [-0.15, -0.1) is 0 Å². The molecule has 128 valence electrons. The third-order valence-electron chi connectivity index (χ3n) is 4.74. The zero-order chi connectivity index (χ0) is 16.5. The SMILES string of the molecule is Cc1cscc1C(=O)N1CCCN(Cc2noc(C3CC3)n2)CC1. The molecule has 0 aromatic carbocycles. The maximum atomic E-state index is 12.7. The Labute approximate surface area is 145 Å². The topological polar surface area (TPSA) is 62.5 Å². The molecule has 1 aliphatic carbocycles. The summed E-state index contributed by atoms with van der Waals surface area (Å²) in [5, 5.41) is 8.09. The summed E-state index contributed by atoms with van der Waals surface area (Å²) >= 11 is 1.59. The number of rotatable bonds is 4. The van der Waals surface area contributed by atoms with Gasteiger partial charge in [0.2, 0.25) is 5.89 Å². The Morgan fingerprint density at radius 3 is 2.92 bits per heavy atom. The minimum absolute atomic E-state index is 0.159. The standard InChI is InChI=1S/C17H22N4O2S/c1-12-10-24-11-14(12)17(22)21-6-2-5-20(7-8-21)9-15-18-16(23-19-15)13-3-4-13/h10-11,13H,2-9H2,1H3. The average Bonchev–Trinajstić information content (AvgIpc) is 3.25. The fourth-order valence-corrected chi connectivity index (χ4v) is 3.93. The van der Waals surface area contributed by atoms with Gasteiger partial charge in [-0.3, -0.25) is 9.69 Å². The van der Waals surface area contributed by atoms with E-state index in [9.17, 15) is 4.79 Å². The van der Waals surface area contributed by atoms with Crippen molar-refractivity contribution in [2.24, 2.45) is 0 Å². The molecule has 6 nitrogen and oxygen atoms in total. The highest BCUT2D eigenvalue weighted by atomic mass is 32.1. The first-order valence-electron chi connectivity index (χ1n) is 8.57. The van der Waals surface area contributed by atoms with Crippen LogP contribution in [0.5, 0.6) is 0 Å². The van der Waals surface area contributed by atoms with Crippen molar-refractivity contribution in [3.8, 4) is 0 Å². The third kappa shape index (κ3) is 3.37. The van der Waals surface area contributed by atoms with E-state index in [0.29, 0.717) is 12.5 Å². The van der Waals surface area contributed by atoms with Gasteiger partial charge in [0.1, 0.15) is 0 Å². The summed E-state index contributed by atoms with van der Waals surface area (Å²) in [6, 6.07) is 0. The summed E-state index contributed by atoms with van der Waals surface area (Å²) in [6.45, 7) is 6.07. The van der Waals surface area contributed by atoms with E-state index in [4.69, 9.17) is 4.52 Å². The van der Waals surface area contributed by atoms with Crippen LogP contribution in [0.1, 0.15) is 52.8 Å². The molecule has 0 bridgehead atoms. The molecule has 2 aliphatic rings. The Morgan fingerprint density at radius 1 is 1.29 bits per heavy atom. The van der Waals surface area contributed by atoms with Crippen LogP contribution in [0, 0.1) is 6.92 Å². The molecule has 0 spiro atoms. The van der Waals surface area contributed by atoms with Gasteiger partial charge in [-0.2, -0.15) is 16.3 Å². The van der Waals surface area contributed by atoms with Crippen LogP contribution in [-0.4, -0.2) is 52.0 Å². The lowest BCUT2D eigenvalue weighted by Crippen LogP contribution is -2.35. The minimum atomic E-state index is 0.159. The molecule has 4 rings (SSSR count). The van der Waals surface area contributed by atoms with Gasteiger partial charge in [-0.05, 0) is 37.1 Å².